The van der Waals surface area contributed by atoms with E-state index >= 15 is 0 Å². The van der Waals surface area contributed by atoms with Crippen LogP contribution in [0.2, 0.25) is 5.15 Å². The third-order valence-electron chi connectivity index (χ3n) is 3.76. The smallest absolute Gasteiger partial charge is 0.258 e. The van der Waals surface area contributed by atoms with E-state index in [1.165, 1.54) is 4.68 Å². The first kappa shape index (κ1) is 15.7. The summed E-state index contributed by atoms with van der Waals surface area (Å²) in [5, 5.41) is 4.51. The topological polar surface area (TPSA) is 56.6 Å². The minimum atomic E-state index is -0.227. The maximum atomic E-state index is 12.6. The van der Waals surface area contributed by atoms with Gasteiger partial charge in [0.15, 0.2) is 17.6 Å². The zero-order chi connectivity index (χ0) is 16.6. The fraction of sp³-hybridized carbons (Fsp3) is 0.375. The highest BCUT2D eigenvalue weighted by Gasteiger charge is 2.27. The summed E-state index contributed by atoms with van der Waals surface area (Å²) >= 11 is 6.16. The van der Waals surface area contributed by atoms with Crippen LogP contribution in [0.3, 0.4) is 0 Å². The van der Waals surface area contributed by atoms with Crippen molar-refractivity contribution in [1.82, 2.24) is 14.7 Å². The molecule has 0 unspecified atom stereocenters. The van der Waals surface area contributed by atoms with E-state index in [1.807, 2.05) is 24.3 Å². The third kappa shape index (κ3) is 2.99. The Labute approximate surface area is 139 Å². The first-order valence-electron chi connectivity index (χ1n) is 7.30. The largest absolute Gasteiger partial charge is 0.486 e. The van der Waals surface area contributed by atoms with Crippen molar-refractivity contribution in [2.45, 2.75) is 13.0 Å². The van der Waals surface area contributed by atoms with Crippen LogP contribution in [0.15, 0.2) is 24.3 Å². The molecule has 23 heavy (non-hydrogen) atoms. The molecule has 0 N–H and O–H groups in total. The Balaban J connectivity index is 1.70. The summed E-state index contributed by atoms with van der Waals surface area (Å²) in [6, 6.07) is 7.49. The molecule has 0 aliphatic carbocycles. The van der Waals surface area contributed by atoms with E-state index in [4.69, 9.17) is 21.1 Å². The zero-order valence-corrected chi connectivity index (χ0v) is 14.0. The lowest BCUT2D eigenvalue weighted by atomic mass is 10.2. The molecule has 0 spiro atoms. The number of carbonyl (C=O) groups excluding carboxylic acids is 1. The van der Waals surface area contributed by atoms with Crippen molar-refractivity contribution in [3.05, 3.63) is 40.7 Å². The van der Waals surface area contributed by atoms with Crippen molar-refractivity contribution >= 4 is 17.5 Å². The monoisotopic (exact) mass is 335 g/mol. The van der Waals surface area contributed by atoms with Gasteiger partial charge in [-0.2, -0.15) is 5.10 Å². The van der Waals surface area contributed by atoms with Gasteiger partial charge in [-0.05, 0) is 19.1 Å². The average Bonchev–Trinajstić information content (AvgIpc) is 2.79. The van der Waals surface area contributed by atoms with Crippen LogP contribution in [-0.4, -0.2) is 46.9 Å². The summed E-state index contributed by atoms with van der Waals surface area (Å²) in [5.74, 6) is 1.24. The van der Waals surface area contributed by atoms with Crippen LogP contribution in [0.4, 0.5) is 0 Å². The molecule has 1 atom stereocenters. The van der Waals surface area contributed by atoms with E-state index in [0.717, 1.165) is 5.75 Å². The van der Waals surface area contributed by atoms with Gasteiger partial charge in [0.25, 0.3) is 5.91 Å². The lowest BCUT2D eigenvalue weighted by Crippen LogP contribution is -2.42. The number of ether oxygens (including phenoxy) is 2. The van der Waals surface area contributed by atoms with Crippen LogP contribution in [0, 0.1) is 6.92 Å². The van der Waals surface area contributed by atoms with Crippen LogP contribution in [0.5, 0.6) is 11.5 Å². The quantitative estimate of drug-likeness (QED) is 0.863. The highest BCUT2D eigenvalue weighted by atomic mass is 35.5. The van der Waals surface area contributed by atoms with Crippen molar-refractivity contribution < 1.29 is 14.3 Å². The summed E-state index contributed by atoms with van der Waals surface area (Å²) in [4.78, 5) is 14.2. The molecule has 2 aromatic rings. The molecule has 0 saturated carbocycles. The van der Waals surface area contributed by atoms with Crippen molar-refractivity contribution in [3.63, 3.8) is 0 Å². The Morgan fingerprint density at radius 3 is 2.78 bits per heavy atom. The summed E-state index contributed by atoms with van der Waals surface area (Å²) < 4.78 is 13.0. The first-order chi connectivity index (χ1) is 11.0. The number of carbonyl (C=O) groups is 1. The molecule has 0 radical (unpaired) electrons. The number of halogens is 1. The second-order valence-corrected chi connectivity index (χ2v) is 5.92. The molecule has 1 amide bonds. The Hall–Kier alpha value is -2.21. The minimum absolute atomic E-state index is 0.178. The van der Waals surface area contributed by atoms with Gasteiger partial charge in [0.2, 0.25) is 0 Å². The standard InChI is InChI=1S/C16H18ClN3O3/c1-10-14(15(17)20(3)18-10)16(21)19(2)8-11-9-22-12-6-4-5-7-13(12)23-11/h4-7,11H,8-9H2,1-3H3/t11-/m1/s1. The Kier molecular flexibility index (Phi) is 4.17. The summed E-state index contributed by atoms with van der Waals surface area (Å²) in [6.07, 6.45) is -0.227. The molecule has 122 valence electrons. The lowest BCUT2D eigenvalue weighted by Gasteiger charge is -2.29. The van der Waals surface area contributed by atoms with Gasteiger partial charge in [-0.3, -0.25) is 9.48 Å². The van der Waals surface area contributed by atoms with Crippen LogP contribution >= 0.6 is 11.6 Å². The average molecular weight is 336 g/mol. The van der Waals surface area contributed by atoms with E-state index in [9.17, 15) is 4.79 Å². The number of likely N-dealkylation sites (N-methyl/N-ethyl adjacent to an activating group) is 1. The van der Waals surface area contributed by atoms with Crippen molar-refractivity contribution in [2.24, 2.45) is 7.05 Å². The second kappa shape index (κ2) is 6.12. The van der Waals surface area contributed by atoms with E-state index in [-0.39, 0.29) is 12.0 Å². The molecular formula is C16H18ClN3O3. The number of rotatable bonds is 3. The number of hydrogen-bond acceptors (Lipinski definition) is 4. The maximum Gasteiger partial charge on any atom is 0.258 e. The van der Waals surface area contributed by atoms with Crippen LogP contribution in [-0.2, 0) is 7.05 Å². The van der Waals surface area contributed by atoms with Crippen LogP contribution in [0.1, 0.15) is 16.1 Å². The van der Waals surface area contributed by atoms with Gasteiger partial charge in [0.05, 0.1) is 17.8 Å². The summed E-state index contributed by atoms with van der Waals surface area (Å²) in [5.41, 5.74) is 1.04. The number of hydrogen-bond donors (Lipinski definition) is 0. The molecule has 2 heterocycles. The molecule has 6 nitrogen and oxygen atoms in total. The van der Waals surface area contributed by atoms with Gasteiger partial charge in [-0.1, -0.05) is 23.7 Å². The van der Waals surface area contributed by atoms with Crippen molar-refractivity contribution in [1.29, 1.82) is 0 Å². The number of amides is 1. The molecule has 3 rings (SSSR count). The highest BCUT2D eigenvalue weighted by Crippen LogP contribution is 2.31. The van der Waals surface area contributed by atoms with Crippen LogP contribution in [0.25, 0.3) is 0 Å². The summed E-state index contributed by atoms with van der Waals surface area (Å²) in [7, 11) is 3.43. The minimum Gasteiger partial charge on any atom is -0.486 e. The summed E-state index contributed by atoms with van der Waals surface area (Å²) in [6.45, 7) is 2.57. The fourth-order valence-electron chi connectivity index (χ4n) is 2.61. The number of benzene rings is 1. The van der Waals surface area contributed by atoms with Crippen molar-refractivity contribution in [3.8, 4) is 11.5 Å². The second-order valence-electron chi connectivity index (χ2n) is 5.56. The number of aryl methyl sites for hydroxylation is 2. The van der Waals surface area contributed by atoms with Gasteiger partial charge in [0, 0.05) is 14.1 Å². The first-order valence-corrected chi connectivity index (χ1v) is 7.68. The van der Waals surface area contributed by atoms with Crippen molar-refractivity contribution in [2.75, 3.05) is 20.2 Å². The normalized spacial score (nSPS) is 16.3. The Morgan fingerprint density at radius 1 is 1.43 bits per heavy atom. The molecule has 1 aromatic heterocycles. The molecule has 1 aliphatic heterocycles. The van der Waals surface area contributed by atoms with Crippen LogP contribution < -0.4 is 9.47 Å². The number of nitrogens with zero attached hydrogens (tertiary/aromatic N) is 3. The van der Waals surface area contributed by atoms with E-state index in [0.29, 0.717) is 35.3 Å². The molecule has 0 bridgehead atoms. The molecular weight excluding hydrogens is 318 g/mol. The number of para-hydroxylation sites is 2. The maximum absolute atomic E-state index is 12.6. The predicted molar refractivity (Wildman–Crippen MR) is 86.3 cm³/mol. The molecule has 1 aliphatic rings. The molecule has 7 heteroatoms. The SMILES string of the molecule is Cc1nn(C)c(Cl)c1C(=O)N(C)C[C@@H]1COc2ccccc2O1. The molecule has 0 saturated heterocycles. The fourth-order valence-corrected chi connectivity index (χ4v) is 2.86. The number of aromatic nitrogens is 2. The molecule has 0 fully saturated rings. The van der Waals surface area contributed by atoms with Gasteiger partial charge in [-0.25, -0.2) is 0 Å². The van der Waals surface area contributed by atoms with E-state index < -0.39 is 0 Å². The van der Waals surface area contributed by atoms with Gasteiger partial charge < -0.3 is 14.4 Å². The lowest BCUT2D eigenvalue weighted by molar-refractivity contribution is 0.0520. The Morgan fingerprint density at radius 2 is 2.13 bits per heavy atom. The van der Waals surface area contributed by atoms with E-state index in [2.05, 4.69) is 5.10 Å². The van der Waals surface area contributed by atoms with Gasteiger partial charge >= 0.3 is 0 Å². The molecule has 1 aromatic carbocycles. The third-order valence-corrected chi connectivity index (χ3v) is 4.19. The zero-order valence-electron chi connectivity index (χ0n) is 13.2. The van der Waals surface area contributed by atoms with Gasteiger partial charge in [0.1, 0.15) is 11.8 Å². The van der Waals surface area contributed by atoms with E-state index in [1.54, 1.807) is 25.9 Å². The Bertz CT molecular complexity index is 744. The highest BCUT2D eigenvalue weighted by molar-refractivity contribution is 6.33. The van der Waals surface area contributed by atoms with Gasteiger partial charge in [-0.15, -0.1) is 0 Å². The predicted octanol–water partition coefficient (Wildman–Crippen LogP) is 2.29. The number of fused-ring (bicyclic) bond motifs is 1.